The molecule has 10 nitrogen and oxygen atoms in total. The van der Waals surface area contributed by atoms with Crippen LogP contribution in [0.2, 0.25) is 0 Å². The zero-order valence-corrected chi connectivity index (χ0v) is 22.3. The molecule has 3 aromatic rings. The Morgan fingerprint density at radius 3 is 2.29 bits per heavy atom. The fourth-order valence-electron chi connectivity index (χ4n) is 4.22. The van der Waals surface area contributed by atoms with Gasteiger partial charge in [0.2, 0.25) is 5.91 Å². The van der Waals surface area contributed by atoms with Gasteiger partial charge >= 0.3 is 5.97 Å². The van der Waals surface area contributed by atoms with E-state index in [-0.39, 0.29) is 18.9 Å². The van der Waals surface area contributed by atoms with Gasteiger partial charge in [-0.25, -0.2) is 9.78 Å². The lowest BCUT2D eigenvalue weighted by Crippen LogP contribution is -2.48. The van der Waals surface area contributed by atoms with Crippen molar-refractivity contribution >= 4 is 39.9 Å². The molecule has 38 heavy (non-hydrogen) atoms. The number of pyridine rings is 1. The Labute approximate surface area is 225 Å². The predicted octanol–water partition coefficient (Wildman–Crippen LogP) is 2.53. The molecule has 0 bridgehead atoms. The maximum absolute atomic E-state index is 13.1. The van der Waals surface area contributed by atoms with Crippen molar-refractivity contribution in [2.45, 2.75) is 32.2 Å². The Morgan fingerprint density at radius 2 is 1.66 bits per heavy atom. The molecule has 1 fully saturated rings. The largest absolute Gasteiger partial charge is 0.480 e. The summed E-state index contributed by atoms with van der Waals surface area (Å²) < 4.78 is 0. The Bertz CT molecular complexity index is 1240. The Hall–Kier alpha value is -3.99. The maximum Gasteiger partial charge on any atom is 0.328 e. The summed E-state index contributed by atoms with van der Waals surface area (Å²) in [7, 11) is 0. The van der Waals surface area contributed by atoms with Crippen LogP contribution in [-0.2, 0) is 16.0 Å². The van der Waals surface area contributed by atoms with Gasteiger partial charge in [-0.3, -0.25) is 14.6 Å². The SMILES string of the molecule is CC(C)c1nc(N2CCN(c3ccncc3)CC2)sc1C(=O)NC[C@H](NC(=O)Cc1ccccc1)C(=O)O. The summed E-state index contributed by atoms with van der Waals surface area (Å²) in [4.78, 5) is 51.0. The van der Waals surface area contributed by atoms with Gasteiger partial charge in [-0.1, -0.05) is 55.5 Å². The average molecular weight is 537 g/mol. The number of benzene rings is 1. The first-order valence-corrected chi connectivity index (χ1v) is 13.4. The molecule has 3 heterocycles. The molecule has 0 saturated carbocycles. The summed E-state index contributed by atoms with van der Waals surface area (Å²) in [5, 5.41) is 15.6. The summed E-state index contributed by atoms with van der Waals surface area (Å²) in [6, 6.07) is 11.8. The number of carbonyl (C=O) groups excluding carboxylic acids is 2. The molecule has 3 N–H and O–H groups in total. The second-order valence-corrected chi connectivity index (χ2v) is 10.4. The number of nitrogens with zero attached hydrogens (tertiary/aromatic N) is 4. The summed E-state index contributed by atoms with van der Waals surface area (Å²) in [6.07, 6.45) is 3.63. The number of piperazine rings is 1. The van der Waals surface area contributed by atoms with E-state index in [2.05, 4.69) is 25.4 Å². The fraction of sp³-hybridized carbons (Fsp3) is 0.370. The summed E-state index contributed by atoms with van der Waals surface area (Å²) in [5.74, 6) is -2.02. The Morgan fingerprint density at radius 1 is 1.00 bits per heavy atom. The number of rotatable bonds is 10. The highest BCUT2D eigenvalue weighted by Gasteiger charge is 2.27. The lowest BCUT2D eigenvalue weighted by molar-refractivity contribution is -0.141. The number of aliphatic carboxylic acids is 1. The highest BCUT2D eigenvalue weighted by atomic mass is 32.1. The van der Waals surface area contributed by atoms with Crippen LogP contribution in [0.4, 0.5) is 10.8 Å². The normalized spacial score (nSPS) is 14.3. The van der Waals surface area contributed by atoms with E-state index < -0.39 is 23.8 Å². The Kier molecular flexibility index (Phi) is 8.90. The molecule has 200 valence electrons. The molecular weight excluding hydrogens is 504 g/mol. The van der Waals surface area contributed by atoms with E-state index in [4.69, 9.17) is 4.98 Å². The molecule has 4 rings (SSSR count). The molecule has 1 aliphatic rings. The average Bonchev–Trinajstić information content (AvgIpc) is 3.38. The van der Waals surface area contributed by atoms with Crippen molar-refractivity contribution < 1.29 is 19.5 Å². The summed E-state index contributed by atoms with van der Waals surface area (Å²) >= 11 is 1.31. The Balaban J connectivity index is 1.37. The van der Waals surface area contributed by atoms with Crippen molar-refractivity contribution in [2.24, 2.45) is 0 Å². The standard InChI is InChI=1S/C27H32N6O4S/c1-18(2)23-24(38-27(31-23)33-14-12-32(13-15-33)20-8-10-28-11-9-20)25(35)29-17-21(26(36)37)30-22(34)16-19-6-4-3-5-7-19/h3-11,18,21H,12-17H2,1-2H3,(H,29,35)(H,30,34)(H,36,37)/t21-/m0/s1. The van der Waals surface area contributed by atoms with E-state index in [9.17, 15) is 19.5 Å². The summed E-state index contributed by atoms with van der Waals surface area (Å²) in [6.45, 7) is 6.90. The van der Waals surface area contributed by atoms with Gasteiger partial charge in [0.1, 0.15) is 10.9 Å². The van der Waals surface area contributed by atoms with E-state index in [1.54, 1.807) is 24.5 Å². The van der Waals surface area contributed by atoms with Crippen LogP contribution in [0, 0.1) is 0 Å². The number of nitrogens with one attached hydrogen (secondary N) is 2. The van der Waals surface area contributed by atoms with Gasteiger partial charge in [-0.05, 0) is 23.6 Å². The van der Waals surface area contributed by atoms with Crippen molar-refractivity contribution in [3.63, 3.8) is 0 Å². The van der Waals surface area contributed by atoms with Crippen molar-refractivity contribution in [1.82, 2.24) is 20.6 Å². The first kappa shape index (κ1) is 27.1. The smallest absolute Gasteiger partial charge is 0.328 e. The number of hydrogen-bond acceptors (Lipinski definition) is 8. The zero-order valence-electron chi connectivity index (χ0n) is 21.5. The summed E-state index contributed by atoms with van der Waals surface area (Å²) in [5.41, 5.74) is 2.59. The van der Waals surface area contributed by atoms with Gasteiger partial charge in [0.05, 0.1) is 12.1 Å². The van der Waals surface area contributed by atoms with Crippen LogP contribution in [0.15, 0.2) is 54.9 Å². The molecule has 0 unspecified atom stereocenters. The predicted molar refractivity (Wildman–Crippen MR) is 147 cm³/mol. The lowest BCUT2D eigenvalue weighted by Gasteiger charge is -2.35. The van der Waals surface area contributed by atoms with Crippen LogP contribution < -0.4 is 20.4 Å². The number of carboxylic acid groups (broad SMARTS) is 1. The number of aromatic nitrogens is 2. The van der Waals surface area contributed by atoms with E-state index in [1.165, 1.54) is 11.3 Å². The molecule has 1 aromatic carbocycles. The van der Waals surface area contributed by atoms with Crippen LogP contribution >= 0.6 is 11.3 Å². The van der Waals surface area contributed by atoms with Crippen LogP contribution in [-0.4, -0.2) is 71.6 Å². The number of amides is 2. The molecule has 11 heteroatoms. The molecule has 0 spiro atoms. The molecular formula is C27H32N6O4S. The van der Waals surface area contributed by atoms with Gasteiger partial charge in [-0.2, -0.15) is 0 Å². The van der Waals surface area contributed by atoms with E-state index in [1.807, 2.05) is 44.2 Å². The van der Waals surface area contributed by atoms with Crippen LogP contribution in [0.5, 0.6) is 0 Å². The molecule has 0 radical (unpaired) electrons. The quantitative estimate of drug-likeness (QED) is 0.361. The van der Waals surface area contributed by atoms with Crippen molar-refractivity contribution in [2.75, 3.05) is 42.5 Å². The second kappa shape index (κ2) is 12.5. The second-order valence-electron chi connectivity index (χ2n) is 9.38. The number of carboxylic acids is 1. The number of thiazole rings is 1. The van der Waals surface area contributed by atoms with Crippen molar-refractivity contribution in [3.8, 4) is 0 Å². The topological polar surface area (TPSA) is 128 Å². The number of carbonyl (C=O) groups is 3. The van der Waals surface area contributed by atoms with E-state index >= 15 is 0 Å². The zero-order chi connectivity index (χ0) is 27.1. The molecule has 2 aromatic heterocycles. The van der Waals surface area contributed by atoms with Gasteiger partial charge in [0.15, 0.2) is 5.13 Å². The van der Waals surface area contributed by atoms with Crippen LogP contribution in [0.1, 0.15) is 40.7 Å². The first-order chi connectivity index (χ1) is 18.3. The van der Waals surface area contributed by atoms with Gasteiger partial charge in [0, 0.05) is 50.8 Å². The minimum Gasteiger partial charge on any atom is -0.480 e. The van der Waals surface area contributed by atoms with Crippen molar-refractivity contribution in [3.05, 3.63) is 71.0 Å². The highest BCUT2D eigenvalue weighted by molar-refractivity contribution is 7.17. The minimum absolute atomic E-state index is 0.0136. The first-order valence-electron chi connectivity index (χ1n) is 12.6. The fourth-order valence-corrected chi connectivity index (χ4v) is 5.41. The third-order valence-corrected chi connectivity index (χ3v) is 7.41. The monoisotopic (exact) mass is 536 g/mol. The maximum atomic E-state index is 13.1. The molecule has 1 saturated heterocycles. The van der Waals surface area contributed by atoms with Gasteiger partial charge in [0.25, 0.3) is 5.91 Å². The van der Waals surface area contributed by atoms with Crippen LogP contribution in [0.25, 0.3) is 0 Å². The molecule has 1 aliphatic heterocycles. The lowest BCUT2D eigenvalue weighted by atomic mass is 10.1. The molecule has 2 amide bonds. The van der Waals surface area contributed by atoms with Gasteiger partial charge in [-0.15, -0.1) is 0 Å². The van der Waals surface area contributed by atoms with E-state index in [0.29, 0.717) is 10.6 Å². The van der Waals surface area contributed by atoms with Gasteiger partial charge < -0.3 is 25.5 Å². The highest BCUT2D eigenvalue weighted by Crippen LogP contribution is 2.31. The van der Waals surface area contributed by atoms with Crippen LogP contribution in [0.3, 0.4) is 0 Å². The third kappa shape index (κ3) is 6.86. The minimum atomic E-state index is -1.24. The van der Waals surface area contributed by atoms with E-state index in [0.717, 1.165) is 42.6 Å². The number of hydrogen-bond donors (Lipinski definition) is 3. The number of anilines is 2. The van der Waals surface area contributed by atoms with Crippen molar-refractivity contribution in [1.29, 1.82) is 0 Å². The molecule has 0 aliphatic carbocycles. The third-order valence-electron chi connectivity index (χ3n) is 6.28. The molecule has 1 atom stereocenters.